The summed E-state index contributed by atoms with van der Waals surface area (Å²) >= 11 is 0. The van der Waals surface area contributed by atoms with E-state index in [-0.39, 0.29) is 17.8 Å². The van der Waals surface area contributed by atoms with Crippen molar-refractivity contribution in [2.24, 2.45) is 5.92 Å². The second kappa shape index (κ2) is 6.25. The van der Waals surface area contributed by atoms with Crippen LogP contribution in [0.25, 0.3) is 0 Å². The molecule has 7 heteroatoms. The number of hydrogen-bond donors (Lipinski definition) is 3. The van der Waals surface area contributed by atoms with E-state index in [0.29, 0.717) is 18.0 Å². The minimum atomic E-state index is -1.11. The molecule has 1 aromatic heterocycles. The number of anilines is 1. The molecule has 2 unspecified atom stereocenters. The molecule has 3 N–H and O–H groups in total. The Morgan fingerprint density at radius 2 is 2.15 bits per heavy atom. The number of aliphatic hydroxyl groups excluding tert-OH is 2. The zero-order valence-corrected chi connectivity index (χ0v) is 11.5. The highest BCUT2D eigenvalue weighted by Gasteiger charge is 2.33. The first kappa shape index (κ1) is 14.8. The largest absolute Gasteiger partial charge is 0.393 e. The van der Waals surface area contributed by atoms with E-state index >= 15 is 0 Å². The van der Waals surface area contributed by atoms with Crippen LogP contribution >= 0.6 is 0 Å². The highest BCUT2D eigenvalue weighted by atomic mass is 16.5. The number of ether oxygens (including phenoxy) is 1. The molecule has 1 aliphatic heterocycles. The zero-order valence-electron chi connectivity index (χ0n) is 11.5. The standard InChI is InChI=1S/C13H19N3O4/c1-7-3-11(20-8(7)2)13(19)16-9-4-14-12(15-5-9)10(18)6-17/h4-5,7-8,10-11,17-18H,3,6H2,1-2H3,(H,16,19)/t7-,8+,10?,11?/m0/s1. The fourth-order valence-electron chi connectivity index (χ4n) is 2.03. The molecule has 0 spiro atoms. The quantitative estimate of drug-likeness (QED) is 0.731. The second-order valence-corrected chi connectivity index (χ2v) is 5.06. The van der Waals surface area contributed by atoms with Crippen LogP contribution in [0.4, 0.5) is 5.69 Å². The fourth-order valence-corrected chi connectivity index (χ4v) is 2.03. The molecule has 20 heavy (non-hydrogen) atoms. The van der Waals surface area contributed by atoms with Crippen molar-refractivity contribution in [3.05, 3.63) is 18.2 Å². The number of nitrogens with zero attached hydrogens (tertiary/aromatic N) is 2. The number of carbonyl (C=O) groups is 1. The highest BCUT2D eigenvalue weighted by Crippen LogP contribution is 2.26. The number of aliphatic hydroxyl groups is 2. The predicted octanol–water partition coefficient (Wildman–Crippen LogP) is 0.254. The number of nitrogens with one attached hydrogen (secondary N) is 1. The molecule has 0 radical (unpaired) electrons. The average Bonchev–Trinajstić information content (AvgIpc) is 2.79. The molecule has 1 amide bonds. The Morgan fingerprint density at radius 1 is 1.50 bits per heavy atom. The molecule has 0 aromatic carbocycles. The van der Waals surface area contributed by atoms with Gasteiger partial charge in [0.2, 0.25) is 0 Å². The van der Waals surface area contributed by atoms with E-state index in [2.05, 4.69) is 15.3 Å². The first-order chi connectivity index (χ1) is 9.51. The number of rotatable bonds is 4. The van der Waals surface area contributed by atoms with Gasteiger partial charge in [-0.3, -0.25) is 4.79 Å². The summed E-state index contributed by atoms with van der Waals surface area (Å²) in [6, 6.07) is 0. The maximum Gasteiger partial charge on any atom is 0.253 e. The molecule has 1 saturated heterocycles. The molecule has 110 valence electrons. The van der Waals surface area contributed by atoms with E-state index in [0.717, 1.165) is 0 Å². The molecule has 0 bridgehead atoms. The Balaban J connectivity index is 1.95. The molecule has 1 fully saturated rings. The molecular weight excluding hydrogens is 262 g/mol. The topological polar surface area (TPSA) is 105 Å². The average molecular weight is 281 g/mol. The SMILES string of the molecule is C[C@H]1CC(C(=O)Nc2cnc(C(O)CO)nc2)O[C@@H]1C. The molecule has 1 aromatic rings. The molecule has 2 heterocycles. The lowest BCUT2D eigenvalue weighted by Crippen LogP contribution is -2.27. The Bertz CT molecular complexity index is 455. The highest BCUT2D eigenvalue weighted by molar-refractivity contribution is 5.94. The summed E-state index contributed by atoms with van der Waals surface area (Å²) in [7, 11) is 0. The molecule has 1 aliphatic rings. The summed E-state index contributed by atoms with van der Waals surface area (Å²) in [5, 5.41) is 20.8. The van der Waals surface area contributed by atoms with Crippen molar-refractivity contribution in [3.63, 3.8) is 0 Å². The van der Waals surface area contributed by atoms with Gasteiger partial charge in [-0.15, -0.1) is 0 Å². The van der Waals surface area contributed by atoms with Crippen molar-refractivity contribution in [2.75, 3.05) is 11.9 Å². The van der Waals surface area contributed by atoms with Crippen LogP contribution in [0.15, 0.2) is 12.4 Å². The molecule has 7 nitrogen and oxygen atoms in total. The van der Waals surface area contributed by atoms with Crippen LogP contribution in [0.5, 0.6) is 0 Å². The molecule has 4 atom stereocenters. The van der Waals surface area contributed by atoms with Crippen LogP contribution in [0.1, 0.15) is 32.2 Å². The summed E-state index contributed by atoms with van der Waals surface area (Å²) in [6.07, 6.45) is 1.98. The number of hydrogen-bond acceptors (Lipinski definition) is 6. The van der Waals surface area contributed by atoms with E-state index in [1.807, 2.05) is 13.8 Å². The summed E-state index contributed by atoms with van der Waals surface area (Å²) in [6.45, 7) is 3.55. The summed E-state index contributed by atoms with van der Waals surface area (Å²) in [4.78, 5) is 19.8. The van der Waals surface area contributed by atoms with Crippen LogP contribution in [-0.4, -0.2) is 44.9 Å². The Hall–Kier alpha value is -1.57. The first-order valence-electron chi connectivity index (χ1n) is 6.58. The van der Waals surface area contributed by atoms with Crippen LogP contribution in [0.3, 0.4) is 0 Å². The third kappa shape index (κ3) is 3.30. The minimum absolute atomic E-state index is 0.0732. The van der Waals surface area contributed by atoms with E-state index in [4.69, 9.17) is 9.84 Å². The maximum absolute atomic E-state index is 12.0. The van der Waals surface area contributed by atoms with Gasteiger partial charge in [0.05, 0.1) is 30.8 Å². The monoisotopic (exact) mass is 281 g/mol. The van der Waals surface area contributed by atoms with Gasteiger partial charge in [-0.2, -0.15) is 0 Å². The van der Waals surface area contributed by atoms with Gasteiger partial charge < -0.3 is 20.3 Å². The Morgan fingerprint density at radius 3 is 2.65 bits per heavy atom. The molecule has 0 aliphatic carbocycles. The number of aromatic nitrogens is 2. The van der Waals surface area contributed by atoms with Gasteiger partial charge in [0.15, 0.2) is 5.82 Å². The Labute approximate surface area is 117 Å². The van der Waals surface area contributed by atoms with Crippen LogP contribution in [0, 0.1) is 5.92 Å². The number of amides is 1. The minimum Gasteiger partial charge on any atom is -0.393 e. The van der Waals surface area contributed by atoms with Crippen molar-refractivity contribution in [1.29, 1.82) is 0 Å². The smallest absolute Gasteiger partial charge is 0.253 e. The van der Waals surface area contributed by atoms with Gasteiger partial charge in [0.1, 0.15) is 12.2 Å². The third-order valence-corrected chi connectivity index (χ3v) is 3.47. The fraction of sp³-hybridized carbons (Fsp3) is 0.615. The van der Waals surface area contributed by atoms with Gasteiger partial charge >= 0.3 is 0 Å². The van der Waals surface area contributed by atoms with Crippen molar-refractivity contribution < 1.29 is 19.7 Å². The van der Waals surface area contributed by atoms with E-state index < -0.39 is 18.8 Å². The van der Waals surface area contributed by atoms with Crippen LogP contribution in [0.2, 0.25) is 0 Å². The molecule has 2 rings (SSSR count). The summed E-state index contributed by atoms with van der Waals surface area (Å²) in [5.74, 6) is 0.245. The van der Waals surface area contributed by atoms with Gasteiger partial charge in [-0.25, -0.2) is 9.97 Å². The second-order valence-electron chi connectivity index (χ2n) is 5.06. The maximum atomic E-state index is 12.0. The van der Waals surface area contributed by atoms with Gasteiger partial charge in [0, 0.05) is 0 Å². The van der Waals surface area contributed by atoms with Gasteiger partial charge in [-0.1, -0.05) is 6.92 Å². The lowest BCUT2D eigenvalue weighted by Gasteiger charge is -2.12. The van der Waals surface area contributed by atoms with Crippen molar-refractivity contribution >= 4 is 11.6 Å². The van der Waals surface area contributed by atoms with E-state index in [1.165, 1.54) is 12.4 Å². The van der Waals surface area contributed by atoms with Crippen LogP contribution < -0.4 is 5.32 Å². The predicted molar refractivity (Wildman–Crippen MR) is 70.8 cm³/mol. The molecule has 0 saturated carbocycles. The van der Waals surface area contributed by atoms with Crippen molar-refractivity contribution in [3.8, 4) is 0 Å². The summed E-state index contributed by atoms with van der Waals surface area (Å²) in [5.41, 5.74) is 0.430. The third-order valence-electron chi connectivity index (χ3n) is 3.47. The normalized spacial score (nSPS) is 27.3. The van der Waals surface area contributed by atoms with E-state index in [1.54, 1.807) is 0 Å². The first-order valence-corrected chi connectivity index (χ1v) is 6.58. The van der Waals surface area contributed by atoms with E-state index in [9.17, 15) is 9.90 Å². The van der Waals surface area contributed by atoms with Gasteiger partial charge in [0.25, 0.3) is 5.91 Å². The van der Waals surface area contributed by atoms with Crippen molar-refractivity contribution in [2.45, 2.75) is 38.6 Å². The number of carbonyl (C=O) groups excluding carboxylic acids is 1. The lowest BCUT2D eigenvalue weighted by molar-refractivity contribution is -0.126. The lowest BCUT2D eigenvalue weighted by atomic mass is 10.0. The van der Waals surface area contributed by atoms with Crippen LogP contribution in [-0.2, 0) is 9.53 Å². The summed E-state index contributed by atoms with van der Waals surface area (Å²) < 4.78 is 5.56. The Kier molecular flexibility index (Phi) is 4.64. The zero-order chi connectivity index (χ0) is 14.7. The van der Waals surface area contributed by atoms with Gasteiger partial charge in [-0.05, 0) is 19.3 Å². The molecular formula is C13H19N3O4. The van der Waals surface area contributed by atoms with Crippen molar-refractivity contribution in [1.82, 2.24) is 9.97 Å².